The SMILES string of the molecule is CC[C@H]1C[C@H](I)[C@@H](c2ccccc2)N1S(C)(=O)=O. The summed E-state index contributed by atoms with van der Waals surface area (Å²) in [5.74, 6) is 0. The monoisotopic (exact) mass is 379 g/mol. The van der Waals surface area contributed by atoms with Crippen molar-refractivity contribution in [1.29, 1.82) is 0 Å². The molecule has 1 fully saturated rings. The van der Waals surface area contributed by atoms with Crippen LogP contribution in [0.2, 0.25) is 0 Å². The summed E-state index contributed by atoms with van der Waals surface area (Å²) in [6, 6.07) is 10.1. The Hall–Kier alpha value is -0.140. The summed E-state index contributed by atoms with van der Waals surface area (Å²) in [4.78, 5) is 0. The molecule has 18 heavy (non-hydrogen) atoms. The molecule has 1 aliphatic rings. The molecule has 1 heterocycles. The smallest absolute Gasteiger partial charge is 0.212 e. The summed E-state index contributed by atoms with van der Waals surface area (Å²) in [7, 11) is -3.17. The first-order valence-electron chi connectivity index (χ1n) is 6.12. The van der Waals surface area contributed by atoms with E-state index in [2.05, 4.69) is 29.5 Å². The lowest BCUT2D eigenvalue weighted by Gasteiger charge is -2.28. The normalized spacial score (nSPS) is 29.6. The number of hydrogen-bond donors (Lipinski definition) is 0. The van der Waals surface area contributed by atoms with Crippen LogP contribution in [0.4, 0.5) is 0 Å². The van der Waals surface area contributed by atoms with Gasteiger partial charge in [0.05, 0.1) is 12.3 Å². The molecule has 0 aromatic heterocycles. The van der Waals surface area contributed by atoms with E-state index < -0.39 is 10.0 Å². The predicted octanol–water partition coefficient (Wildman–Crippen LogP) is 2.98. The fourth-order valence-corrected chi connectivity index (χ4v) is 5.73. The number of sulfonamides is 1. The number of alkyl halides is 1. The molecule has 0 unspecified atom stereocenters. The van der Waals surface area contributed by atoms with E-state index in [-0.39, 0.29) is 12.1 Å². The highest BCUT2D eigenvalue weighted by molar-refractivity contribution is 14.1. The van der Waals surface area contributed by atoms with Crippen molar-refractivity contribution in [3.05, 3.63) is 35.9 Å². The highest BCUT2D eigenvalue weighted by Gasteiger charge is 2.44. The van der Waals surface area contributed by atoms with Crippen LogP contribution in [0, 0.1) is 0 Å². The van der Waals surface area contributed by atoms with E-state index in [9.17, 15) is 8.42 Å². The minimum absolute atomic E-state index is 0.0215. The largest absolute Gasteiger partial charge is 0.212 e. The van der Waals surface area contributed by atoms with Crippen LogP contribution in [-0.2, 0) is 10.0 Å². The van der Waals surface area contributed by atoms with Gasteiger partial charge in [-0.15, -0.1) is 0 Å². The van der Waals surface area contributed by atoms with Gasteiger partial charge in [-0.05, 0) is 18.4 Å². The molecule has 0 aliphatic carbocycles. The van der Waals surface area contributed by atoms with E-state index in [1.807, 2.05) is 30.3 Å². The Kier molecular flexibility index (Phi) is 4.33. The van der Waals surface area contributed by atoms with Gasteiger partial charge in [-0.25, -0.2) is 8.42 Å². The van der Waals surface area contributed by atoms with E-state index in [1.54, 1.807) is 4.31 Å². The Bertz CT molecular complexity index is 503. The second-order valence-electron chi connectivity index (χ2n) is 4.76. The van der Waals surface area contributed by atoms with Crippen LogP contribution in [-0.4, -0.2) is 28.9 Å². The van der Waals surface area contributed by atoms with Gasteiger partial charge in [0, 0.05) is 9.97 Å². The fourth-order valence-electron chi connectivity index (χ4n) is 2.71. The van der Waals surface area contributed by atoms with Gasteiger partial charge >= 0.3 is 0 Å². The maximum atomic E-state index is 12.1. The molecule has 1 saturated heterocycles. The summed E-state index contributed by atoms with van der Waals surface area (Å²) < 4.78 is 26.2. The highest BCUT2D eigenvalue weighted by Crippen LogP contribution is 2.43. The summed E-state index contributed by atoms with van der Waals surface area (Å²) in [5.41, 5.74) is 1.10. The molecule has 3 nitrogen and oxygen atoms in total. The minimum Gasteiger partial charge on any atom is -0.212 e. The lowest BCUT2D eigenvalue weighted by Crippen LogP contribution is -2.36. The van der Waals surface area contributed by atoms with Crippen molar-refractivity contribution in [2.24, 2.45) is 0 Å². The minimum atomic E-state index is -3.17. The molecule has 0 amide bonds. The molecule has 0 radical (unpaired) electrons. The summed E-state index contributed by atoms with van der Waals surface area (Å²) in [5, 5.41) is 0. The molecule has 1 aromatic rings. The van der Waals surface area contributed by atoms with Crippen LogP contribution in [0.1, 0.15) is 31.4 Å². The third-order valence-corrected chi connectivity index (χ3v) is 5.95. The number of nitrogens with zero attached hydrogens (tertiary/aromatic N) is 1. The molecule has 0 N–H and O–H groups in total. The van der Waals surface area contributed by atoms with E-state index >= 15 is 0 Å². The molecule has 1 aliphatic heterocycles. The zero-order chi connectivity index (χ0) is 13.3. The number of halogens is 1. The third kappa shape index (κ3) is 2.72. The Balaban J connectivity index is 2.44. The maximum Gasteiger partial charge on any atom is 0.212 e. The van der Waals surface area contributed by atoms with Gasteiger partial charge in [0.1, 0.15) is 0 Å². The quantitative estimate of drug-likeness (QED) is 0.598. The molecule has 0 spiro atoms. The molecule has 3 atom stereocenters. The van der Waals surface area contributed by atoms with Crippen LogP contribution >= 0.6 is 22.6 Å². The van der Waals surface area contributed by atoms with Crippen molar-refractivity contribution >= 4 is 32.6 Å². The standard InChI is InChI=1S/C13H18INO2S/c1-3-11-9-12(14)13(15(11)18(2,16)17)10-7-5-4-6-8-10/h4-8,11-13H,3,9H2,1-2H3/t11-,12-,13+/m0/s1. The molecular formula is C13H18INO2S. The lowest BCUT2D eigenvalue weighted by molar-refractivity contribution is 0.324. The third-order valence-electron chi connectivity index (χ3n) is 3.47. The summed E-state index contributed by atoms with van der Waals surface area (Å²) in [6.07, 6.45) is 3.12. The van der Waals surface area contributed by atoms with Crippen molar-refractivity contribution in [3.63, 3.8) is 0 Å². The molecule has 5 heteroatoms. The zero-order valence-corrected chi connectivity index (χ0v) is 13.6. The van der Waals surface area contributed by atoms with E-state index in [0.717, 1.165) is 18.4 Å². The average Bonchev–Trinajstić information content (AvgIpc) is 2.67. The van der Waals surface area contributed by atoms with Crippen LogP contribution < -0.4 is 0 Å². The number of hydrogen-bond acceptors (Lipinski definition) is 2. The van der Waals surface area contributed by atoms with E-state index in [0.29, 0.717) is 3.92 Å². The lowest BCUT2D eigenvalue weighted by atomic mass is 10.1. The molecule has 0 bridgehead atoms. The average molecular weight is 379 g/mol. The number of rotatable bonds is 3. The van der Waals surface area contributed by atoms with E-state index in [1.165, 1.54) is 6.26 Å². The van der Waals surface area contributed by atoms with Gasteiger partial charge in [0.15, 0.2) is 0 Å². The molecule has 0 saturated carbocycles. The van der Waals surface area contributed by atoms with Crippen molar-refractivity contribution in [3.8, 4) is 0 Å². The van der Waals surface area contributed by atoms with Gasteiger partial charge in [-0.3, -0.25) is 0 Å². The van der Waals surface area contributed by atoms with Gasteiger partial charge in [0.25, 0.3) is 0 Å². The Morgan fingerprint density at radius 1 is 1.33 bits per heavy atom. The van der Waals surface area contributed by atoms with Gasteiger partial charge in [0.2, 0.25) is 10.0 Å². The Labute approximate surface area is 123 Å². The highest BCUT2D eigenvalue weighted by atomic mass is 127. The first-order chi connectivity index (χ1) is 8.45. The molecule has 100 valence electrons. The van der Waals surface area contributed by atoms with Gasteiger partial charge in [-0.1, -0.05) is 59.8 Å². The zero-order valence-electron chi connectivity index (χ0n) is 10.6. The fraction of sp³-hybridized carbons (Fsp3) is 0.538. The van der Waals surface area contributed by atoms with Crippen LogP contribution in [0.3, 0.4) is 0 Å². The first-order valence-corrected chi connectivity index (χ1v) is 9.22. The molecular weight excluding hydrogens is 361 g/mol. The number of benzene rings is 1. The van der Waals surface area contributed by atoms with E-state index in [4.69, 9.17) is 0 Å². The van der Waals surface area contributed by atoms with Crippen molar-refractivity contribution in [1.82, 2.24) is 4.31 Å². The van der Waals surface area contributed by atoms with Gasteiger partial charge in [-0.2, -0.15) is 4.31 Å². The topological polar surface area (TPSA) is 37.4 Å². The van der Waals surface area contributed by atoms with Crippen LogP contribution in [0.5, 0.6) is 0 Å². The molecule has 2 rings (SSSR count). The maximum absolute atomic E-state index is 12.1. The summed E-state index contributed by atoms with van der Waals surface area (Å²) >= 11 is 2.39. The van der Waals surface area contributed by atoms with Gasteiger partial charge < -0.3 is 0 Å². The Morgan fingerprint density at radius 3 is 2.44 bits per heavy atom. The van der Waals surface area contributed by atoms with Crippen molar-refractivity contribution in [2.75, 3.05) is 6.26 Å². The molecule has 1 aromatic carbocycles. The second kappa shape index (κ2) is 5.46. The van der Waals surface area contributed by atoms with Crippen molar-refractivity contribution < 1.29 is 8.42 Å². The van der Waals surface area contributed by atoms with Crippen LogP contribution in [0.25, 0.3) is 0 Å². The second-order valence-corrected chi connectivity index (χ2v) is 8.25. The van der Waals surface area contributed by atoms with Crippen LogP contribution in [0.15, 0.2) is 30.3 Å². The first kappa shape index (κ1) is 14.3. The Morgan fingerprint density at radius 2 is 1.94 bits per heavy atom. The summed E-state index contributed by atoms with van der Waals surface area (Å²) in [6.45, 7) is 2.06. The predicted molar refractivity (Wildman–Crippen MR) is 82.4 cm³/mol. The van der Waals surface area contributed by atoms with Crippen molar-refractivity contribution in [2.45, 2.75) is 35.8 Å².